The van der Waals surface area contributed by atoms with Gasteiger partial charge in [0, 0.05) is 5.69 Å². The fraction of sp³-hybridized carbons (Fsp3) is 0.381. The third-order valence-electron chi connectivity index (χ3n) is 5.20. The van der Waals surface area contributed by atoms with E-state index in [-0.39, 0.29) is 11.9 Å². The van der Waals surface area contributed by atoms with Gasteiger partial charge in [0.2, 0.25) is 0 Å². The highest BCUT2D eigenvalue weighted by atomic mass is 19.1. The van der Waals surface area contributed by atoms with Crippen LogP contribution in [0.5, 0.6) is 0 Å². The number of benzene rings is 2. The summed E-state index contributed by atoms with van der Waals surface area (Å²) in [6, 6.07) is 10.3. The minimum Gasteiger partial charge on any atom is -0.441 e. The van der Waals surface area contributed by atoms with E-state index in [1.807, 2.05) is 0 Å². The van der Waals surface area contributed by atoms with Crippen LogP contribution in [0.1, 0.15) is 54.0 Å². The van der Waals surface area contributed by atoms with Crippen LogP contribution in [-0.4, -0.2) is 6.09 Å². The molecule has 0 aliphatic heterocycles. The van der Waals surface area contributed by atoms with Gasteiger partial charge in [0.05, 0.1) is 0 Å². The van der Waals surface area contributed by atoms with Gasteiger partial charge in [0.1, 0.15) is 11.9 Å². The van der Waals surface area contributed by atoms with Gasteiger partial charge in [-0.15, -0.1) is 0 Å². The number of halogens is 1. The van der Waals surface area contributed by atoms with Crippen LogP contribution in [0.3, 0.4) is 0 Å². The highest BCUT2D eigenvalue weighted by molar-refractivity contribution is 5.84. The van der Waals surface area contributed by atoms with Crippen molar-refractivity contribution in [2.24, 2.45) is 0 Å². The van der Waals surface area contributed by atoms with Crippen LogP contribution >= 0.6 is 0 Å². The van der Waals surface area contributed by atoms with Crippen LogP contribution in [0.4, 0.5) is 14.9 Å². The number of rotatable bonds is 2. The Morgan fingerprint density at radius 2 is 1.64 bits per heavy atom. The molecule has 1 atom stereocenters. The predicted molar refractivity (Wildman–Crippen MR) is 95.3 cm³/mol. The van der Waals surface area contributed by atoms with Crippen molar-refractivity contribution in [1.82, 2.24) is 0 Å². The number of ether oxygens (including phenoxy) is 1. The molecule has 0 bridgehead atoms. The lowest BCUT2D eigenvalue weighted by Crippen LogP contribution is -2.21. The third-order valence-corrected chi connectivity index (χ3v) is 5.20. The molecule has 0 saturated carbocycles. The van der Waals surface area contributed by atoms with Crippen molar-refractivity contribution in [3.63, 3.8) is 0 Å². The molecule has 1 amide bonds. The number of fused-ring (bicyclic) bond motifs is 2. The van der Waals surface area contributed by atoms with E-state index in [1.165, 1.54) is 65.8 Å². The second-order valence-corrected chi connectivity index (χ2v) is 6.94. The van der Waals surface area contributed by atoms with Crippen LogP contribution in [0.15, 0.2) is 36.4 Å². The van der Waals surface area contributed by atoms with Gasteiger partial charge >= 0.3 is 6.09 Å². The van der Waals surface area contributed by atoms with Gasteiger partial charge in [-0.3, -0.25) is 5.32 Å². The zero-order valence-electron chi connectivity index (χ0n) is 14.2. The number of aryl methyl sites for hydroxylation is 3. The highest BCUT2D eigenvalue weighted by Gasteiger charge is 2.26. The predicted octanol–water partition coefficient (Wildman–Crippen LogP) is 5.33. The molecule has 25 heavy (non-hydrogen) atoms. The van der Waals surface area contributed by atoms with E-state index < -0.39 is 6.09 Å². The lowest BCUT2D eigenvalue weighted by atomic mass is 9.82. The zero-order chi connectivity index (χ0) is 17.2. The summed E-state index contributed by atoms with van der Waals surface area (Å²) in [5.74, 6) is -0.329. The first-order valence-corrected chi connectivity index (χ1v) is 9.07. The van der Waals surface area contributed by atoms with E-state index in [1.54, 1.807) is 0 Å². The summed E-state index contributed by atoms with van der Waals surface area (Å²) in [4.78, 5) is 12.2. The number of nitrogens with one attached hydrogen (secondary N) is 1. The molecular formula is C21H22FNO2. The first-order valence-electron chi connectivity index (χ1n) is 9.07. The van der Waals surface area contributed by atoms with Gasteiger partial charge in [-0.05, 0) is 91.5 Å². The molecule has 4 heteroatoms. The molecule has 2 aromatic carbocycles. The lowest BCUT2D eigenvalue weighted by Gasteiger charge is -2.28. The Hall–Kier alpha value is -2.36. The Labute approximate surface area is 147 Å². The number of anilines is 1. The molecule has 4 rings (SSSR count). The molecule has 2 aliphatic carbocycles. The number of hydrogen-bond donors (Lipinski definition) is 1. The number of carbonyl (C=O) groups is 1. The number of amides is 1. The molecule has 0 heterocycles. The van der Waals surface area contributed by atoms with E-state index in [4.69, 9.17) is 4.74 Å². The van der Waals surface area contributed by atoms with Crippen molar-refractivity contribution in [3.05, 3.63) is 64.5 Å². The molecule has 3 nitrogen and oxygen atoms in total. The van der Waals surface area contributed by atoms with E-state index in [0.717, 1.165) is 25.7 Å². The molecule has 130 valence electrons. The third kappa shape index (κ3) is 3.53. The average molecular weight is 339 g/mol. The summed E-state index contributed by atoms with van der Waals surface area (Å²) in [7, 11) is 0. The van der Waals surface area contributed by atoms with Gasteiger partial charge in [-0.1, -0.05) is 12.1 Å². The summed E-state index contributed by atoms with van der Waals surface area (Å²) in [5.41, 5.74) is 5.92. The molecule has 0 spiro atoms. The van der Waals surface area contributed by atoms with Crippen LogP contribution < -0.4 is 5.32 Å². The monoisotopic (exact) mass is 339 g/mol. The quantitative estimate of drug-likeness (QED) is 0.803. The maximum absolute atomic E-state index is 13.0. The fourth-order valence-corrected chi connectivity index (χ4v) is 3.94. The van der Waals surface area contributed by atoms with Gasteiger partial charge in [-0.2, -0.15) is 0 Å². The van der Waals surface area contributed by atoms with Crippen LogP contribution in [0.2, 0.25) is 0 Å². The number of hydrogen-bond acceptors (Lipinski definition) is 2. The largest absolute Gasteiger partial charge is 0.441 e. The maximum Gasteiger partial charge on any atom is 0.412 e. The van der Waals surface area contributed by atoms with Crippen molar-refractivity contribution in [1.29, 1.82) is 0 Å². The van der Waals surface area contributed by atoms with Crippen LogP contribution in [0.25, 0.3) is 0 Å². The maximum atomic E-state index is 13.0. The minimum atomic E-state index is -0.484. The van der Waals surface area contributed by atoms with Crippen molar-refractivity contribution in [2.75, 3.05) is 5.32 Å². The first kappa shape index (κ1) is 16.1. The molecule has 2 aliphatic rings. The highest BCUT2D eigenvalue weighted by Crippen LogP contribution is 2.36. The van der Waals surface area contributed by atoms with Crippen molar-refractivity contribution >= 4 is 11.8 Å². The Kier molecular flexibility index (Phi) is 4.43. The molecule has 1 unspecified atom stereocenters. The number of carbonyl (C=O) groups excluding carboxylic acids is 1. The van der Waals surface area contributed by atoms with Crippen LogP contribution in [0, 0.1) is 5.82 Å². The van der Waals surface area contributed by atoms with Crippen molar-refractivity contribution in [2.45, 2.75) is 51.0 Å². The molecule has 0 saturated heterocycles. The molecule has 1 N–H and O–H groups in total. The Morgan fingerprint density at radius 1 is 0.960 bits per heavy atom. The van der Waals surface area contributed by atoms with Gasteiger partial charge in [-0.25, -0.2) is 9.18 Å². The molecule has 0 aromatic heterocycles. The SMILES string of the molecule is O=C(Nc1ccc(F)cc1)OC1CCCc2cc3c(cc21)CCCC3. The fourth-order valence-electron chi connectivity index (χ4n) is 3.94. The summed E-state index contributed by atoms with van der Waals surface area (Å²) < 4.78 is 18.7. The van der Waals surface area contributed by atoms with E-state index >= 15 is 0 Å². The normalized spacial score (nSPS) is 18.8. The molecule has 0 fully saturated rings. The topological polar surface area (TPSA) is 38.3 Å². The Bertz CT molecular complexity index is 785. The Morgan fingerprint density at radius 3 is 2.40 bits per heavy atom. The molecule has 0 radical (unpaired) electrons. The summed E-state index contributed by atoms with van der Waals surface area (Å²) in [6.45, 7) is 0. The molecular weight excluding hydrogens is 317 g/mol. The second-order valence-electron chi connectivity index (χ2n) is 6.94. The van der Waals surface area contributed by atoms with Crippen molar-refractivity contribution < 1.29 is 13.9 Å². The Balaban J connectivity index is 1.50. The van der Waals surface area contributed by atoms with E-state index in [0.29, 0.717) is 5.69 Å². The molecule has 2 aromatic rings. The second kappa shape index (κ2) is 6.87. The summed E-state index contributed by atoms with van der Waals surface area (Å²) >= 11 is 0. The first-order chi connectivity index (χ1) is 12.2. The average Bonchev–Trinajstić information content (AvgIpc) is 2.62. The van der Waals surface area contributed by atoms with Crippen LogP contribution in [-0.2, 0) is 24.0 Å². The van der Waals surface area contributed by atoms with Gasteiger partial charge in [0.15, 0.2) is 0 Å². The summed E-state index contributed by atoms with van der Waals surface area (Å²) in [6.07, 6.45) is 7.05. The summed E-state index contributed by atoms with van der Waals surface area (Å²) in [5, 5.41) is 2.68. The van der Waals surface area contributed by atoms with Gasteiger partial charge in [0.25, 0.3) is 0 Å². The standard InChI is InChI=1S/C21H22FNO2/c22-17-8-10-18(11-9-17)23-21(24)25-20-7-3-6-16-12-14-4-1-2-5-15(14)13-19(16)20/h8-13,20H,1-7H2,(H,23,24). The van der Waals surface area contributed by atoms with E-state index in [9.17, 15) is 9.18 Å². The smallest absolute Gasteiger partial charge is 0.412 e. The lowest BCUT2D eigenvalue weighted by molar-refractivity contribution is 0.0998. The zero-order valence-corrected chi connectivity index (χ0v) is 14.2. The van der Waals surface area contributed by atoms with Crippen molar-refractivity contribution in [3.8, 4) is 0 Å². The van der Waals surface area contributed by atoms with E-state index in [2.05, 4.69) is 17.4 Å². The minimum absolute atomic E-state index is 0.198. The van der Waals surface area contributed by atoms with Gasteiger partial charge < -0.3 is 4.74 Å².